The zero-order valence-corrected chi connectivity index (χ0v) is 14.8. The standard InChI is InChI=1S/C16H18O6S2/c1-11-3-7-15(23(17,18)19)13(9-11)5-6-14-10-12(2)4-8-16(14)24(20,21)22/h3-4,7-10H,5-6H2,1-2H3,(H,17,18,19)(H,20,21,22)/p-2. The average molecular weight is 368 g/mol. The van der Waals surface area contributed by atoms with E-state index in [0.717, 1.165) is 11.1 Å². The minimum Gasteiger partial charge on any atom is -0.744 e. The fourth-order valence-electron chi connectivity index (χ4n) is 2.56. The Labute approximate surface area is 141 Å². The maximum atomic E-state index is 11.4. The topological polar surface area (TPSA) is 114 Å². The molecule has 0 aromatic heterocycles. The maximum Gasteiger partial charge on any atom is 0.124 e. The Balaban J connectivity index is 2.43. The quantitative estimate of drug-likeness (QED) is 0.745. The third kappa shape index (κ3) is 4.41. The van der Waals surface area contributed by atoms with Crippen LogP contribution in [0.1, 0.15) is 22.3 Å². The Hall–Kier alpha value is -1.74. The molecule has 2 rings (SSSR count). The molecule has 6 nitrogen and oxygen atoms in total. The van der Waals surface area contributed by atoms with Gasteiger partial charge in [0.2, 0.25) is 0 Å². The molecule has 0 saturated heterocycles. The van der Waals surface area contributed by atoms with E-state index >= 15 is 0 Å². The Bertz CT molecular complexity index is 894. The van der Waals surface area contributed by atoms with E-state index < -0.39 is 20.2 Å². The van der Waals surface area contributed by atoms with E-state index in [0.29, 0.717) is 11.1 Å². The normalized spacial score (nSPS) is 12.3. The first-order valence-electron chi connectivity index (χ1n) is 7.09. The second-order valence-corrected chi connectivity index (χ2v) is 8.33. The lowest BCUT2D eigenvalue weighted by Crippen LogP contribution is -2.08. The van der Waals surface area contributed by atoms with Crippen LogP contribution in [-0.4, -0.2) is 25.9 Å². The van der Waals surface area contributed by atoms with Gasteiger partial charge >= 0.3 is 0 Å². The van der Waals surface area contributed by atoms with Crippen LogP contribution in [0.5, 0.6) is 0 Å². The fourth-order valence-corrected chi connectivity index (χ4v) is 4.00. The molecular formula is C16H16O6S2-2. The molecule has 130 valence electrons. The summed E-state index contributed by atoms with van der Waals surface area (Å²) in [6.07, 6.45) is 0.259. The van der Waals surface area contributed by atoms with Crippen molar-refractivity contribution in [2.24, 2.45) is 0 Å². The summed E-state index contributed by atoms with van der Waals surface area (Å²) in [6.45, 7) is 3.51. The molecule has 8 heteroatoms. The molecule has 2 aromatic carbocycles. The van der Waals surface area contributed by atoms with Crippen molar-refractivity contribution in [3.63, 3.8) is 0 Å². The molecule has 0 N–H and O–H groups in total. The molecule has 0 saturated carbocycles. The molecule has 0 aliphatic rings. The van der Waals surface area contributed by atoms with Crippen LogP contribution in [0, 0.1) is 13.8 Å². The lowest BCUT2D eigenvalue weighted by Gasteiger charge is -2.16. The van der Waals surface area contributed by atoms with Crippen LogP contribution in [0.2, 0.25) is 0 Å². The summed E-state index contributed by atoms with van der Waals surface area (Å²) in [6, 6.07) is 8.68. The number of hydrogen-bond acceptors (Lipinski definition) is 6. The van der Waals surface area contributed by atoms with Gasteiger partial charge in [-0.2, -0.15) is 0 Å². The van der Waals surface area contributed by atoms with Gasteiger partial charge in [-0.15, -0.1) is 0 Å². The zero-order valence-electron chi connectivity index (χ0n) is 13.1. The molecule has 24 heavy (non-hydrogen) atoms. The smallest absolute Gasteiger partial charge is 0.124 e. The summed E-state index contributed by atoms with van der Waals surface area (Å²) in [4.78, 5) is -0.653. The third-order valence-electron chi connectivity index (χ3n) is 3.63. The van der Waals surface area contributed by atoms with Gasteiger partial charge in [-0.3, -0.25) is 0 Å². The lowest BCUT2D eigenvalue weighted by atomic mass is 10.0. The molecule has 0 heterocycles. The largest absolute Gasteiger partial charge is 0.744 e. The van der Waals surface area contributed by atoms with E-state index in [2.05, 4.69) is 0 Å². The van der Waals surface area contributed by atoms with Gasteiger partial charge in [0, 0.05) is 0 Å². The first kappa shape index (κ1) is 18.6. The minimum atomic E-state index is -4.63. The second-order valence-electron chi connectivity index (χ2n) is 5.63. The highest BCUT2D eigenvalue weighted by molar-refractivity contribution is 7.86. The van der Waals surface area contributed by atoms with E-state index in [-0.39, 0.29) is 22.6 Å². The fraction of sp³-hybridized carbons (Fsp3) is 0.250. The SMILES string of the molecule is Cc1ccc(S(=O)(=O)[O-])c(CCc2cc(C)ccc2S(=O)(=O)[O-])c1. The molecule has 0 unspecified atom stereocenters. The van der Waals surface area contributed by atoms with Crippen LogP contribution < -0.4 is 0 Å². The van der Waals surface area contributed by atoms with Gasteiger partial charge in [0.05, 0.1) is 9.79 Å². The molecule has 0 amide bonds. The Morgan fingerprint density at radius 3 is 1.33 bits per heavy atom. The highest BCUT2D eigenvalue weighted by atomic mass is 32.2. The highest BCUT2D eigenvalue weighted by Gasteiger charge is 2.13. The van der Waals surface area contributed by atoms with Gasteiger partial charge in [0.25, 0.3) is 0 Å². The van der Waals surface area contributed by atoms with Crippen molar-refractivity contribution in [2.45, 2.75) is 36.5 Å². The molecule has 0 aliphatic heterocycles. The van der Waals surface area contributed by atoms with Crippen molar-refractivity contribution in [1.29, 1.82) is 0 Å². The van der Waals surface area contributed by atoms with Crippen molar-refractivity contribution < 1.29 is 25.9 Å². The number of rotatable bonds is 5. The average Bonchev–Trinajstić information content (AvgIpc) is 2.42. The molecular weight excluding hydrogens is 352 g/mol. The number of aryl methyl sites for hydroxylation is 4. The van der Waals surface area contributed by atoms with Crippen LogP contribution in [-0.2, 0) is 33.1 Å². The van der Waals surface area contributed by atoms with Gasteiger partial charge in [-0.05, 0) is 49.9 Å². The molecule has 0 radical (unpaired) electrons. The molecule has 0 atom stereocenters. The van der Waals surface area contributed by atoms with Crippen LogP contribution in [0.4, 0.5) is 0 Å². The summed E-state index contributed by atoms with van der Waals surface area (Å²) in [5.74, 6) is 0. The first-order valence-corrected chi connectivity index (χ1v) is 9.91. The predicted molar refractivity (Wildman–Crippen MR) is 85.7 cm³/mol. The monoisotopic (exact) mass is 368 g/mol. The van der Waals surface area contributed by atoms with Gasteiger partial charge in [-0.25, -0.2) is 16.8 Å². The summed E-state index contributed by atoms with van der Waals surface area (Å²) in [5, 5.41) is 0. The summed E-state index contributed by atoms with van der Waals surface area (Å²) in [5.41, 5.74) is 2.16. The summed E-state index contributed by atoms with van der Waals surface area (Å²) in [7, 11) is -9.26. The van der Waals surface area contributed by atoms with Crippen molar-refractivity contribution in [3.05, 3.63) is 58.7 Å². The van der Waals surface area contributed by atoms with Gasteiger partial charge in [0.1, 0.15) is 20.2 Å². The van der Waals surface area contributed by atoms with Crippen molar-refractivity contribution in [3.8, 4) is 0 Å². The Kier molecular flexibility index (Phi) is 5.14. The Morgan fingerprint density at radius 2 is 1.04 bits per heavy atom. The predicted octanol–water partition coefficient (Wildman–Crippen LogP) is 1.90. The minimum absolute atomic E-state index is 0.129. The first-order chi connectivity index (χ1) is 11.0. The summed E-state index contributed by atoms with van der Waals surface area (Å²) >= 11 is 0. The van der Waals surface area contributed by atoms with Crippen molar-refractivity contribution >= 4 is 20.2 Å². The van der Waals surface area contributed by atoms with Gasteiger partial charge in [-0.1, -0.05) is 35.4 Å². The van der Waals surface area contributed by atoms with Gasteiger partial charge in [0.15, 0.2) is 0 Å². The van der Waals surface area contributed by atoms with Crippen LogP contribution in [0.15, 0.2) is 46.2 Å². The van der Waals surface area contributed by atoms with Crippen LogP contribution >= 0.6 is 0 Å². The number of hydrogen-bond donors (Lipinski definition) is 0. The molecule has 0 fully saturated rings. The molecule has 0 aliphatic carbocycles. The zero-order chi connectivity index (χ0) is 18.1. The highest BCUT2D eigenvalue weighted by Crippen LogP contribution is 2.23. The summed E-state index contributed by atoms with van der Waals surface area (Å²) < 4.78 is 68.1. The lowest BCUT2D eigenvalue weighted by molar-refractivity contribution is 0.459. The Morgan fingerprint density at radius 1 is 0.708 bits per heavy atom. The van der Waals surface area contributed by atoms with Crippen LogP contribution in [0.3, 0.4) is 0 Å². The van der Waals surface area contributed by atoms with E-state index in [9.17, 15) is 25.9 Å². The molecule has 0 bridgehead atoms. The van der Waals surface area contributed by atoms with E-state index in [4.69, 9.17) is 0 Å². The molecule has 0 spiro atoms. The second kappa shape index (κ2) is 6.64. The van der Waals surface area contributed by atoms with Crippen molar-refractivity contribution in [1.82, 2.24) is 0 Å². The third-order valence-corrected chi connectivity index (χ3v) is 5.51. The maximum absolute atomic E-state index is 11.4. The molecule has 2 aromatic rings. The number of benzene rings is 2. The van der Waals surface area contributed by atoms with Gasteiger partial charge < -0.3 is 9.11 Å². The van der Waals surface area contributed by atoms with Crippen LogP contribution in [0.25, 0.3) is 0 Å². The van der Waals surface area contributed by atoms with E-state index in [1.54, 1.807) is 26.0 Å². The van der Waals surface area contributed by atoms with E-state index in [1.807, 2.05) is 0 Å². The van der Waals surface area contributed by atoms with E-state index in [1.165, 1.54) is 24.3 Å². The van der Waals surface area contributed by atoms with Crippen molar-refractivity contribution in [2.75, 3.05) is 0 Å².